The van der Waals surface area contributed by atoms with Gasteiger partial charge in [0.05, 0.1) is 11.9 Å². The van der Waals surface area contributed by atoms with Gasteiger partial charge in [-0.1, -0.05) is 6.07 Å². The molecule has 2 aromatic rings. The first kappa shape index (κ1) is 10.7. The van der Waals surface area contributed by atoms with Gasteiger partial charge >= 0.3 is 5.69 Å². The van der Waals surface area contributed by atoms with Gasteiger partial charge in [0.25, 0.3) is 5.56 Å². The highest BCUT2D eigenvalue weighted by Gasteiger charge is 1.98. The van der Waals surface area contributed by atoms with E-state index in [0.29, 0.717) is 5.69 Å². The fourth-order valence-electron chi connectivity index (χ4n) is 1.04. The van der Waals surface area contributed by atoms with Crippen LogP contribution in [0.5, 0.6) is 0 Å². The van der Waals surface area contributed by atoms with Crippen LogP contribution in [0.3, 0.4) is 0 Å². The molecule has 0 aromatic carbocycles. The monoisotopic (exact) mass is 232 g/mol. The van der Waals surface area contributed by atoms with E-state index in [2.05, 4.69) is 25.7 Å². The maximum atomic E-state index is 11.2. The second-order valence-electron chi connectivity index (χ2n) is 2.98. The Morgan fingerprint density at radius 1 is 1.35 bits per heavy atom. The van der Waals surface area contributed by atoms with E-state index in [-0.39, 0.29) is 5.82 Å². The first-order chi connectivity index (χ1) is 8.25. The largest absolute Gasteiger partial charge is 0.342 e. The number of pyridine rings is 1. The molecule has 3 N–H and O–H groups in total. The smallest absolute Gasteiger partial charge is 0.270 e. The van der Waals surface area contributed by atoms with Gasteiger partial charge in [-0.3, -0.25) is 20.2 Å². The quantitative estimate of drug-likeness (QED) is 0.478. The highest BCUT2D eigenvalue weighted by atomic mass is 16.2. The van der Waals surface area contributed by atoms with Gasteiger partial charge < -0.3 is 0 Å². The molecule has 17 heavy (non-hydrogen) atoms. The fraction of sp³-hybridized carbons (Fsp3) is 0. The van der Waals surface area contributed by atoms with Gasteiger partial charge in [0.1, 0.15) is 0 Å². The van der Waals surface area contributed by atoms with E-state index in [0.717, 1.165) is 0 Å². The summed E-state index contributed by atoms with van der Waals surface area (Å²) >= 11 is 0. The molecule has 0 atom stereocenters. The van der Waals surface area contributed by atoms with E-state index >= 15 is 0 Å². The van der Waals surface area contributed by atoms with Crippen LogP contribution in [0.4, 0.5) is 5.82 Å². The molecule has 0 amide bonds. The summed E-state index contributed by atoms with van der Waals surface area (Å²) in [4.78, 5) is 27.9. The van der Waals surface area contributed by atoms with Crippen molar-refractivity contribution in [2.45, 2.75) is 0 Å². The molecule has 8 nitrogen and oxygen atoms in total. The molecule has 0 bridgehead atoms. The molecule has 0 spiro atoms. The zero-order valence-electron chi connectivity index (χ0n) is 8.54. The molecule has 8 heteroatoms. The Hall–Kier alpha value is -2.77. The van der Waals surface area contributed by atoms with Crippen molar-refractivity contribution in [3.63, 3.8) is 0 Å². The van der Waals surface area contributed by atoms with Crippen LogP contribution in [0, 0.1) is 0 Å². The minimum absolute atomic E-state index is 0.100. The number of hydrogen-bond donors (Lipinski definition) is 3. The number of H-pyrrole nitrogens is 2. The number of anilines is 1. The Bertz CT molecular complexity index is 630. The first-order valence-electron chi connectivity index (χ1n) is 4.65. The van der Waals surface area contributed by atoms with Gasteiger partial charge in [-0.2, -0.15) is 5.10 Å². The van der Waals surface area contributed by atoms with Gasteiger partial charge in [0, 0.05) is 6.20 Å². The predicted molar refractivity (Wildman–Crippen MR) is 60.9 cm³/mol. The SMILES string of the molecule is O=c1[nH]nc(NN=Cc2ccccn2)c(=O)[nH]1. The van der Waals surface area contributed by atoms with Crippen molar-refractivity contribution in [3.05, 3.63) is 50.9 Å². The number of aromatic amines is 2. The normalized spacial score (nSPS) is 10.6. The third kappa shape index (κ3) is 2.84. The molecule has 0 saturated carbocycles. The topological polar surface area (TPSA) is 116 Å². The average Bonchev–Trinajstić information content (AvgIpc) is 2.33. The molecule has 0 fully saturated rings. The lowest BCUT2D eigenvalue weighted by atomic mass is 10.4. The van der Waals surface area contributed by atoms with Gasteiger partial charge in [0.15, 0.2) is 0 Å². The van der Waals surface area contributed by atoms with Crippen molar-refractivity contribution in [2.24, 2.45) is 5.10 Å². The Kier molecular flexibility index (Phi) is 3.05. The summed E-state index contributed by atoms with van der Waals surface area (Å²) in [5.41, 5.74) is 1.70. The van der Waals surface area contributed by atoms with Crippen LogP contribution < -0.4 is 16.7 Å². The number of nitrogens with one attached hydrogen (secondary N) is 3. The molecule has 0 aliphatic heterocycles. The van der Waals surface area contributed by atoms with Crippen molar-refractivity contribution in [2.75, 3.05) is 5.43 Å². The van der Waals surface area contributed by atoms with Crippen molar-refractivity contribution in [1.82, 2.24) is 20.2 Å². The molecule has 2 heterocycles. The number of rotatable bonds is 3. The number of aromatic nitrogens is 4. The van der Waals surface area contributed by atoms with E-state index in [1.165, 1.54) is 6.21 Å². The molecule has 0 aliphatic carbocycles. The summed E-state index contributed by atoms with van der Waals surface area (Å²) in [6.07, 6.45) is 3.04. The van der Waals surface area contributed by atoms with Crippen molar-refractivity contribution in [1.29, 1.82) is 0 Å². The second kappa shape index (κ2) is 4.84. The summed E-state index contributed by atoms with van der Waals surface area (Å²) < 4.78 is 0. The summed E-state index contributed by atoms with van der Waals surface area (Å²) in [5.74, 6) is -0.100. The van der Waals surface area contributed by atoms with E-state index < -0.39 is 11.2 Å². The van der Waals surface area contributed by atoms with Crippen LogP contribution in [0.25, 0.3) is 0 Å². The second-order valence-corrected chi connectivity index (χ2v) is 2.98. The minimum Gasteiger partial charge on any atom is -0.270 e. The van der Waals surface area contributed by atoms with Crippen LogP contribution in [0.1, 0.15) is 5.69 Å². The van der Waals surface area contributed by atoms with Gasteiger partial charge in [0.2, 0.25) is 5.82 Å². The van der Waals surface area contributed by atoms with Gasteiger partial charge in [-0.25, -0.2) is 9.89 Å². The highest BCUT2D eigenvalue weighted by Crippen LogP contribution is 1.90. The molecule has 86 valence electrons. The van der Waals surface area contributed by atoms with Crippen molar-refractivity contribution >= 4 is 12.0 Å². The molecule has 2 aromatic heterocycles. The minimum atomic E-state index is -0.672. The summed E-state index contributed by atoms with van der Waals surface area (Å²) in [7, 11) is 0. The highest BCUT2D eigenvalue weighted by molar-refractivity contribution is 5.77. The van der Waals surface area contributed by atoms with Crippen LogP contribution >= 0.6 is 0 Å². The lowest BCUT2D eigenvalue weighted by Gasteiger charge is -1.95. The summed E-state index contributed by atoms with van der Waals surface area (Å²) in [5, 5.41) is 9.32. The third-order valence-electron chi connectivity index (χ3n) is 1.77. The van der Waals surface area contributed by atoms with E-state index in [4.69, 9.17) is 0 Å². The third-order valence-corrected chi connectivity index (χ3v) is 1.77. The van der Waals surface area contributed by atoms with Crippen molar-refractivity contribution < 1.29 is 0 Å². The Morgan fingerprint density at radius 2 is 2.24 bits per heavy atom. The molecule has 0 saturated heterocycles. The zero-order valence-corrected chi connectivity index (χ0v) is 8.54. The molecule has 0 unspecified atom stereocenters. The van der Waals surface area contributed by atoms with Gasteiger partial charge in [-0.15, -0.1) is 5.10 Å². The molecule has 0 radical (unpaired) electrons. The average molecular weight is 232 g/mol. The number of nitrogens with zero attached hydrogens (tertiary/aromatic N) is 3. The van der Waals surface area contributed by atoms with E-state index in [9.17, 15) is 9.59 Å². The van der Waals surface area contributed by atoms with Crippen molar-refractivity contribution in [3.8, 4) is 0 Å². The van der Waals surface area contributed by atoms with Crippen LogP contribution in [0.15, 0.2) is 39.1 Å². The van der Waals surface area contributed by atoms with E-state index in [1.54, 1.807) is 24.4 Å². The van der Waals surface area contributed by atoms with Crippen LogP contribution in [0.2, 0.25) is 0 Å². The Morgan fingerprint density at radius 3 is 2.94 bits per heavy atom. The maximum absolute atomic E-state index is 11.2. The zero-order chi connectivity index (χ0) is 12.1. The fourth-order valence-corrected chi connectivity index (χ4v) is 1.04. The molecular weight excluding hydrogens is 224 g/mol. The lowest BCUT2D eigenvalue weighted by Crippen LogP contribution is -2.25. The Balaban J connectivity index is 2.10. The van der Waals surface area contributed by atoms with Crippen LogP contribution in [-0.2, 0) is 0 Å². The summed E-state index contributed by atoms with van der Waals surface area (Å²) in [6, 6.07) is 5.33. The number of hydrogen-bond acceptors (Lipinski definition) is 6. The Labute approximate surface area is 94.4 Å². The number of hydrazone groups is 1. The maximum Gasteiger partial charge on any atom is 0.342 e. The predicted octanol–water partition coefficient (Wildman–Crippen LogP) is -0.701. The van der Waals surface area contributed by atoms with Crippen LogP contribution in [-0.4, -0.2) is 26.4 Å². The standard InChI is InChI=1S/C9H8N6O2/c16-8-7(14-15-9(17)12-8)13-11-5-6-3-1-2-4-10-6/h1-5H,(H,13,14)(H2,12,15,16,17). The lowest BCUT2D eigenvalue weighted by molar-refractivity contribution is 0.890. The van der Waals surface area contributed by atoms with E-state index in [1.807, 2.05) is 4.98 Å². The molecular formula is C9H8N6O2. The molecule has 0 aliphatic rings. The first-order valence-corrected chi connectivity index (χ1v) is 4.65. The summed E-state index contributed by atoms with van der Waals surface area (Å²) in [6.45, 7) is 0. The van der Waals surface area contributed by atoms with Gasteiger partial charge in [-0.05, 0) is 12.1 Å². The molecule has 2 rings (SSSR count).